The third-order valence-electron chi connectivity index (χ3n) is 3.15. The zero-order valence-corrected chi connectivity index (χ0v) is 12.0. The van der Waals surface area contributed by atoms with Crippen LogP contribution in [0.1, 0.15) is 34.9 Å². The van der Waals surface area contributed by atoms with E-state index < -0.39 is 0 Å². The monoisotopic (exact) mass is 277 g/mol. The van der Waals surface area contributed by atoms with Crippen molar-refractivity contribution in [1.82, 2.24) is 15.6 Å². The number of hydrogen-bond donors (Lipinski definition) is 1. The van der Waals surface area contributed by atoms with E-state index in [1.807, 2.05) is 26.8 Å². The lowest BCUT2D eigenvalue weighted by Crippen LogP contribution is -2.25. The Kier molecular flexibility index (Phi) is 4.55. The molecule has 2 aromatic rings. The van der Waals surface area contributed by atoms with Gasteiger partial charge in [0.15, 0.2) is 0 Å². The molecule has 0 fully saturated rings. The maximum atomic E-state index is 11.7. The number of nitrogens with one attached hydrogen (secondary N) is 1. The molecule has 0 aliphatic heterocycles. The van der Waals surface area contributed by atoms with Crippen LogP contribution in [0.4, 0.5) is 0 Å². The van der Waals surface area contributed by atoms with Crippen LogP contribution >= 0.6 is 0 Å². The van der Waals surface area contributed by atoms with Gasteiger partial charge in [0.2, 0.25) is 5.91 Å². The van der Waals surface area contributed by atoms with Gasteiger partial charge >= 0.3 is 0 Å². The molecule has 20 heavy (non-hydrogen) atoms. The molecule has 0 unspecified atom stereocenters. The summed E-state index contributed by atoms with van der Waals surface area (Å²) in [6.45, 7) is 6.17. The lowest BCUT2D eigenvalue weighted by molar-refractivity contribution is -0.121. The summed E-state index contributed by atoms with van der Waals surface area (Å²) in [5, 5.41) is 10.5. The average molecular weight is 277 g/mol. The topological polar surface area (TPSA) is 81.2 Å². The Hall–Kier alpha value is -2.11. The highest BCUT2D eigenvalue weighted by Gasteiger charge is 2.11. The molecule has 0 aliphatic carbocycles. The number of carbonyl (C=O) groups excluding carboxylic acids is 1. The van der Waals surface area contributed by atoms with E-state index in [1.165, 1.54) is 0 Å². The van der Waals surface area contributed by atoms with Gasteiger partial charge in [-0.1, -0.05) is 10.3 Å². The van der Waals surface area contributed by atoms with Crippen LogP contribution in [0.2, 0.25) is 0 Å². The van der Waals surface area contributed by atoms with E-state index in [-0.39, 0.29) is 5.91 Å². The van der Waals surface area contributed by atoms with E-state index in [1.54, 1.807) is 0 Å². The molecule has 0 spiro atoms. The summed E-state index contributed by atoms with van der Waals surface area (Å²) >= 11 is 0. The second-order valence-corrected chi connectivity index (χ2v) is 4.84. The molecule has 0 bridgehead atoms. The Morgan fingerprint density at radius 1 is 1.20 bits per heavy atom. The molecule has 0 aromatic carbocycles. The molecular weight excluding hydrogens is 258 g/mol. The van der Waals surface area contributed by atoms with Crippen LogP contribution < -0.4 is 5.32 Å². The van der Waals surface area contributed by atoms with Crippen LogP contribution in [0.5, 0.6) is 0 Å². The molecule has 0 atom stereocenters. The Balaban J connectivity index is 1.71. The summed E-state index contributed by atoms with van der Waals surface area (Å²) in [4.78, 5) is 11.7. The van der Waals surface area contributed by atoms with Gasteiger partial charge in [0.1, 0.15) is 11.5 Å². The third kappa shape index (κ3) is 3.69. The highest BCUT2D eigenvalue weighted by molar-refractivity contribution is 5.76. The first kappa shape index (κ1) is 14.3. The van der Waals surface area contributed by atoms with E-state index in [9.17, 15) is 4.79 Å². The number of hydrogen-bond acceptors (Lipinski definition) is 5. The number of nitrogens with zero attached hydrogens (tertiary/aromatic N) is 2. The Labute approximate surface area is 117 Å². The predicted molar refractivity (Wildman–Crippen MR) is 72.3 cm³/mol. The van der Waals surface area contributed by atoms with Crippen LogP contribution in [0.15, 0.2) is 15.1 Å². The molecule has 0 radical (unpaired) electrons. The van der Waals surface area contributed by atoms with E-state index in [0.29, 0.717) is 25.8 Å². The van der Waals surface area contributed by atoms with Gasteiger partial charge in [-0.25, -0.2) is 0 Å². The second-order valence-electron chi connectivity index (χ2n) is 4.84. The molecule has 2 heterocycles. The molecule has 6 heteroatoms. The first-order valence-electron chi connectivity index (χ1n) is 6.67. The summed E-state index contributed by atoms with van der Waals surface area (Å²) in [6.07, 6.45) is 1.73. The molecule has 0 saturated heterocycles. The van der Waals surface area contributed by atoms with Crippen molar-refractivity contribution in [1.29, 1.82) is 0 Å². The van der Waals surface area contributed by atoms with Crippen molar-refractivity contribution in [2.24, 2.45) is 0 Å². The Bertz CT molecular complexity index is 567. The zero-order valence-electron chi connectivity index (χ0n) is 12.0. The molecule has 2 aromatic heterocycles. The molecule has 1 amide bonds. The van der Waals surface area contributed by atoms with Crippen LogP contribution in [0.3, 0.4) is 0 Å². The first-order chi connectivity index (χ1) is 9.56. The van der Waals surface area contributed by atoms with E-state index in [0.717, 1.165) is 28.5 Å². The quantitative estimate of drug-likeness (QED) is 0.871. The lowest BCUT2D eigenvalue weighted by atomic mass is 10.1. The highest BCUT2D eigenvalue weighted by atomic mass is 16.5. The number of carbonyl (C=O) groups is 1. The van der Waals surface area contributed by atoms with E-state index >= 15 is 0 Å². The van der Waals surface area contributed by atoms with Crippen molar-refractivity contribution in [3.8, 4) is 0 Å². The van der Waals surface area contributed by atoms with Gasteiger partial charge in [0.05, 0.1) is 11.4 Å². The largest absolute Gasteiger partial charge is 0.361 e. The van der Waals surface area contributed by atoms with Gasteiger partial charge in [0, 0.05) is 31.0 Å². The normalized spacial score (nSPS) is 10.8. The summed E-state index contributed by atoms with van der Waals surface area (Å²) < 4.78 is 10.1. The number of amides is 1. The molecule has 2 rings (SSSR count). The van der Waals surface area contributed by atoms with E-state index in [4.69, 9.17) is 9.05 Å². The van der Waals surface area contributed by atoms with Crippen molar-refractivity contribution >= 4 is 5.91 Å². The molecule has 0 saturated carbocycles. The number of aryl methyl sites for hydroxylation is 3. The van der Waals surface area contributed by atoms with Gasteiger partial charge in [-0.2, -0.15) is 0 Å². The summed E-state index contributed by atoms with van der Waals surface area (Å²) in [7, 11) is 0. The summed E-state index contributed by atoms with van der Waals surface area (Å²) in [5.74, 6) is 1.59. The minimum absolute atomic E-state index is 0.0150. The molecule has 1 N–H and O–H groups in total. The second kappa shape index (κ2) is 6.36. The van der Waals surface area contributed by atoms with Crippen LogP contribution in [-0.4, -0.2) is 22.8 Å². The van der Waals surface area contributed by atoms with E-state index in [2.05, 4.69) is 15.6 Å². The summed E-state index contributed by atoms with van der Waals surface area (Å²) in [6, 6.07) is 1.87. The lowest BCUT2D eigenvalue weighted by Gasteiger charge is -2.03. The van der Waals surface area contributed by atoms with Crippen molar-refractivity contribution in [3.05, 3.63) is 34.5 Å². The van der Waals surface area contributed by atoms with Crippen molar-refractivity contribution < 1.29 is 13.8 Å². The summed E-state index contributed by atoms with van der Waals surface area (Å²) in [5.41, 5.74) is 2.73. The van der Waals surface area contributed by atoms with Crippen LogP contribution in [-0.2, 0) is 17.6 Å². The van der Waals surface area contributed by atoms with Gasteiger partial charge < -0.3 is 14.4 Å². The molecule has 0 aliphatic rings. The first-order valence-corrected chi connectivity index (χ1v) is 6.67. The SMILES string of the molecule is Cc1cc(CCNC(=O)CCc2c(C)noc2C)on1. The molecule has 6 nitrogen and oxygen atoms in total. The fraction of sp³-hybridized carbons (Fsp3) is 0.500. The van der Waals surface area contributed by atoms with Crippen molar-refractivity contribution in [2.45, 2.75) is 40.0 Å². The maximum absolute atomic E-state index is 11.7. The van der Waals surface area contributed by atoms with Crippen LogP contribution in [0.25, 0.3) is 0 Å². The Morgan fingerprint density at radius 3 is 2.60 bits per heavy atom. The predicted octanol–water partition coefficient (Wildman–Crippen LogP) is 1.88. The maximum Gasteiger partial charge on any atom is 0.220 e. The van der Waals surface area contributed by atoms with Gasteiger partial charge in [-0.15, -0.1) is 0 Å². The van der Waals surface area contributed by atoms with Crippen LogP contribution in [0, 0.1) is 20.8 Å². The smallest absolute Gasteiger partial charge is 0.220 e. The minimum Gasteiger partial charge on any atom is -0.361 e. The number of aromatic nitrogens is 2. The van der Waals surface area contributed by atoms with Gasteiger partial charge in [-0.05, 0) is 27.2 Å². The minimum atomic E-state index is 0.0150. The standard InChI is InChI=1S/C14H19N3O3/c1-9-8-12(20-16-9)6-7-15-14(18)5-4-13-10(2)17-19-11(13)3/h8H,4-7H2,1-3H3,(H,15,18). The van der Waals surface area contributed by atoms with Crippen molar-refractivity contribution in [3.63, 3.8) is 0 Å². The fourth-order valence-corrected chi connectivity index (χ4v) is 2.04. The molecule has 108 valence electrons. The van der Waals surface area contributed by atoms with Gasteiger partial charge in [-0.3, -0.25) is 4.79 Å². The zero-order chi connectivity index (χ0) is 14.5. The third-order valence-corrected chi connectivity index (χ3v) is 3.15. The molecular formula is C14H19N3O3. The fourth-order valence-electron chi connectivity index (χ4n) is 2.04. The highest BCUT2D eigenvalue weighted by Crippen LogP contribution is 2.14. The number of rotatable bonds is 6. The Morgan fingerprint density at radius 2 is 2.00 bits per heavy atom. The average Bonchev–Trinajstić information content (AvgIpc) is 2.95. The van der Waals surface area contributed by atoms with Gasteiger partial charge in [0.25, 0.3) is 0 Å². The van der Waals surface area contributed by atoms with Crippen molar-refractivity contribution in [2.75, 3.05) is 6.54 Å².